The Kier molecular flexibility index (Phi) is 4.51. The molecule has 1 atom stereocenters. The maximum absolute atomic E-state index is 5.50. The quantitative estimate of drug-likeness (QED) is 0.926. The first kappa shape index (κ1) is 13.7. The molecule has 1 aromatic rings. The molecule has 2 rings (SSSR count). The number of aryl methyl sites for hydroxylation is 1. The zero-order valence-corrected chi connectivity index (χ0v) is 12.8. The molecule has 4 heteroatoms. The third kappa shape index (κ3) is 2.64. The molecule has 0 saturated carbocycles. The van der Waals surface area contributed by atoms with Crippen LogP contribution in [0.25, 0.3) is 0 Å². The Labute approximate surface area is 117 Å². The van der Waals surface area contributed by atoms with Gasteiger partial charge in [0.15, 0.2) is 0 Å². The van der Waals surface area contributed by atoms with Crippen LogP contribution in [0.3, 0.4) is 0 Å². The molecule has 0 aromatic heterocycles. The minimum atomic E-state index is 0.544. The molecule has 3 nitrogen and oxygen atoms in total. The Morgan fingerprint density at radius 2 is 2.17 bits per heavy atom. The van der Waals surface area contributed by atoms with Crippen molar-refractivity contribution in [3.8, 4) is 11.5 Å². The predicted molar refractivity (Wildman–Crippen MR) is 76.7 cm³/mol. The van der Waals surface area contributed by atoms with Crippen LogP contribution in [0.2, 0.25) is 0 Å². The summed E-state index contributed by atoms with van der Waals surface area (Å²) < 4.78 is 12.0. The highest BCUT2D eigenvalue weighted by Crippen LogP contribution is 2.39. The van der Waals surface area contributed by atoms with Gasteiger partial charge in [0, 0.05) is 11.6 Å². The van der Waals surface area contributed by atoms with Crippen LogP contribution >= 0.6 is 15.9 Å². The number of hydrogen-bond donors (Lipinski definition) is 1. The molecular weight excluding hydrogens is 294 g/mol. The van der Waals surface area contributed by atoms with Crippen molar-refractivity contribution >= 4 is 15.9 Å². The van der Waals surface area contributed by atoms with E-state index < -0.39 is 0 Å². The fourth-order valence-corrected chi connectivity index (χ4v) is 3.40. The highest BCUT2D eigenvalue weighted by Gasteiger charge is 2.21. The fraction of sp³-hybridized carbons (Fsp3) is 0.571. The van der Waals surface area contributed by atoms with E-state index in [0.717, 1.165) is 34.5 Å². The average Bonchev–Trinajstić information content (AvgIpc) is 2.86. The van der Waals surface area contributed by atoms with Crippen molar-refractivity contribution < 1.29 is 9.47 Å². The fourth-order valence-electron chi connectivity index (χ4n) is 2.57. The molecule has 0 radical (unpaired) electrons. The lowest BCUT2D eigenvalue weighted by molar-refractivity contribution is 0.391. The molecule has 1 aliphatic heterocycles. The smallest absolute Gasteiger partial charge is 0.136 e. The van der Waals surface area contributed by atoms with Gasteiger partial charge < -0.3 is 14.8 Å². The summed E-state index contributed by atoms with van der Waals surface area (Å²) in [6.07, 6.45) is 3.46. The molecule has 1 fully saturated rings. The molecule has 1 aromatic carbocycles. The molecule has 1 aliphatic rings. The van der Waals surface area contributed by atoms with Gasteiger partial charge in [0.1, 0.15) is 11.5 Å². The highest BCUT2D eigenvalue weighted by molar-refractivity contribution is 9.10. The van der Waals surface area contributed by atoms with Gasteiger partial charge in [0.2, 0.25) is 0 Å². The lowest BCUT2D eigenvalue weighted by Crippen LogP contribution is -2.24. The van der Waals surface area contributed by atoms with Crippen molar-refractivity contribution in [2.75, 3.05) is 20.8 Å². The number of methoxy groups -OCH3 is 2. The first-order valence-electron chi connectivity index (χ1n) is 6.30. The van der Waals surface area contributed by atoms with Gasteiger partial charge in [0.25, 0.3) is 0 Å². The van der Waals surface area contributed by atoms with Crippen molar-refractivity contribution in [3.05, 3.63) is 21.7 Å². The van der Waals surface area contributed by atoms with E-state index in [1.54, 1.807) is 14.2 Å². The lowest BCUT2D eigenvalue weighted by atomic mass is 10.0. The molecule has 1 heterocycles. The summed E-state index contributed by atoms with van der Waals surface area (Å²) in [4.78, 5) is 0. The Morgan fingerprint density at radius 1 is 1.39 bits per heavy atom. The van der Waals surface area contributed by atoms with E-state index >= 15 is 0 Å². The number of halogens is 1. The normalized spacial score (nSPS) is 19.0. The van der Waals surface area contributed by atoms with Crippen LogP contribution in [0.15, 0.2) is 10.5 Å². The average molecular weight is 314 g/mol. The van der Waals surface area contributed by atoms with Gasteiger partial charge in [-0.1, -0.05) is 0 Å². The Bertz CT molecular complexity index is 428. The van der Waals surface area contributed by atoms with E-state index in [1.165, 1.54) is 18.4 Å². The summed E-state index contributed by atoms with van der Waals surface area (Å²) in [6, 6.07) is 2.59. The molecule has 0 bridgehead atoms. The van der Waals surface area contributed by atoms with E-state index in [-0.39, 0.29) is 0 Å². The van der Waals surface area contributed by atoms with Crippen LogP contribution in [0, 0.1) is 6.92 Å². The minimum absolute atomic E-state index is 0.544. The summed E-state index contributed by atoms with van der Waals surface area (Å²) in [5.41, 5.74) is 2.28. The largest absolute Gasteiger partial charge is 0.496 e. The van der Waals surface area contributed by atoms with Crippen molar-refractivity contribution in [2.45, 2.75) is 32.2 Å². The molecule has 100 valence electrons. The molecule has 0 aliphatic carbocycles. The predicted octanol–water partition coefficient (Wildman–Crippen LogP) is 3.07. The number of benzene rings is 1. The van der Waals surface area contributed by atoms with Crippen LogP contribution < -0.4 is 14.8 Å². The Hall–Kier alpha value is -0.740. The summed E-state index contributed by atoms with van der Waals surface area (Å²) in [6.45, 7) is 3.15. The molecule has 18 heavy (non-hydrogen) atoms. The highest BCUT2D eigenvalue weighted by atomic mass is 79.9. The second-order valence-electron chi connectivity index (χ2n) is 4.72. The van der Waals surface area contributed by atoms with Crippen LogP contribution in [0.1, 0.15) is 24.0 Å². The Morgan fingerprint density at radius 3 is 2.72 bits per heavy atom. The maximum atomic E-state index is 5.50. The minimum Gasteiger partial charge on any atom is -0.496 e. The van der Waals surface area contributed by atoms with Crippen molar-refractivity contribution in [1.82, 2.24) is 5.32 Å². The van der Waals surface area contributed by atoms with E-state index in [2.05, 4.69) is 21.2 Å². The van der Waals surface area contributed by atoms with Gasteiger partial charge in [-0.2, -0.15) is 0 Å². The first-order chi connectivity index (χ1) is 8.67. The second kappa shape index (κ2) is 5.93. The molecular formula is C14H20BrNO2. The van der Waals surface area contributed by atoms with E-state index in [9.17, 15) is 0 Å². The first-order valence-corrected chi connectivity index (χ1v) is 7.10. The van der Waals surface area contributed by atoms with Gasteiger partial charge >= 0.3 is 0 Å². The van der Waals surface area contributed by atoms with Gasteiger partial charge in [0.05, 0.1) is 18.7 Å². The molecule has 0 spiro atoms. The lowest BCUT2D eigenvalue weighted by Gasteiger charge is -2.18. The SMILES string of the molecule is COc1cc(C)c(OC)c(Br)c1CC1CCCN1. The van der Waals surface area contributed by atoms with Gasteiger partial charge in [-0.25, -0.2) is 0 Å². The van der Waals surface area contributed by atoms with Crippen LogP contribution in [0.4, 0.5) is 0 Å². The standard InChI is InChI=1S/C14H20BrNO2/c1-9-7-12(17-2)11(13(15)14(9)18-3)8-10-5-4-6-16-10/h7,10,16H,4-6,8H2,1-3H3. The van der Waals surface area contributed by atoms with E-state index in [4.69, 9.17) is 9.47 Å². The topological polar surface area (TPSA) is 30.5 Å². The molecule has 1 N–H and O–H groups in total. The van der Waals surface area contributed by atoms with Crippen LogP contribution in [-0.4, -0.2) is 26.8 Å². The van der Waals surface area contributed by atoms with Gasteiger partial charge in [-0.3, -0.25) is 0 Å². The number of rotatable bonds is 4. The third-order valence-corrected chi connectivity index (χ3v) is 4.34. The molecule has 1 unspecified atom stereocenters. The zero-order chi connectivity index (χ0) is 13.1. The van der Waals surface area contributed by atoms with Crippen molar-refractivity contribution in [3.63, 3.8) is 0 Å². The summed E-state index contributed by atoms with van der Waals surface area (Å²) in [7, 11) is 3.43. The van der Waals surface area contributed by atoms with Crippen LogP contribution in [-0.2, 0) is 6.42 Å². The third-order valence-electron chi connectivity index (χ3n) is 3.50. The number of nitrogens with one attached hydrogen (secondary N) is 1. The molecule has 1 saturated heterocycles. The molecule has 0 amide bonds. The van der Waals surface area contributed by atoms with Gasteiger partial charge in [-0.15, -0.1) is 0 Å². The van der Waals surface area contributed by atoms with Crippen LogP contribution in [0.5, 0.6) is 11.5 Å². The van der Waals surface area contributed by atoms with Gasteiger partial charge in [-0.05, 0) is 60.3 Å². The second-order valence-corrected chi connectivity index (χ2v) is 5.51. The summed E-state index contributed by atoms with van der Waals surface area (Å²) in [5, 5.41) is 3.52. The van der Waals surface area contributed by atoms with E-state index in [1.807, 2.05) is 13.0 Å². The number of hydrogen-bond acceptors (Lipinski definition) is 3. The summed E-state index contributed by atoms with van der Waals surface area (Å²) in [5.74, 6) is 1.85. The van der Waals surface area contributed by atoms with E-state index in [0.29, 0.717) is 6.04 Å². The monoisotopic (exact) mass is 313 g/mol. The number of ether oxygens (including phenoxy) is 2. The van der Waals surface area contributed by atoms with Crippen molar-refractivity contribution in [2.24, 2.45) is 0 Å². The summed E-state index contributed by atoms with van der Waals surface area (Å²) >= 11 is 3.66. The van der Waals surface area contributed by atoms with Crippen molar-refractivity contribution in [1.29, 1.82) is 0 Å². The zero-order valence-electron chi connectivity index (χ0n) is 11.2. The maximum Gasteiger partial charge on any atom is 0.136 e. The Balaban J connectivity index is 2.36.